The van der Waals surface area contributed by atoms with Crippen molar-refractivity contribution in [2.24, 2.45) is 5.73 Å². The highest BCUT2D eigenvalue weighted by Gasteiger charge is 2.29. The Hall–Kier alpha value is -2.67. The van der Waals surface area contributed by atoms with Crippen LogP contribution in [0.2, 0.25) is 0 Å². The van der Waals surface area contributed by atoms with E-state index in [4.69, 9.17) is 15.0 Å². The Morgan fingerprint density at radius 3 is 2.83 bits per heavy atom. The number of carbonyl (C=O) groups is 2. The van der Waals surface area contributed by atoms with Crippen LogP contribution in [0.3, 0.4) is 0 Å². The highest BCUT2D eigenvalue weighted by atomic mass is 16.5. The average molecular weight is 315 g/mol. The molecule has 0 atom stereocenters. The third-order valence-corrected chi connectivity index (χ3v) is 3.71. The van der Waals surface area contributed by atoms with Crippen LogP contribution in [0.1, 0.15) is 50.9 Å². The monoisotopic (exact) mass is 315 g/mol. The minimum Gasteiger partial charge on any atom is -0.465 e. The van der Waals surface area contributed by atoms with Gasteiger partial charge in [0.05, 0.1) is 18.4 Å². The van der Waals surface area contributed by atoms with E-state index in [2.05, 4.69) is 10.5 Å². The van der Waals surface area contributed by atoms with Gasteiger partial charge in [-0.25, -0.2) is 4.79 Å². The van der Waals surface area contributed by atoms with Gasteiger partial charge < -0.3 is 20.3 Å². The van der Waals surface area contributed by atoms with Gasteiger partial charge >= 0.3 is 5.97 Å². The Balaban J connectivity index is 1.82. The molecule has 1 aliphatic carbocycles. The number of hydrogen-bond donors (Lipinski definition) is 2. The van der Waals surface area contributed by atoms with Crippen molar-refractivity contribution < 1.29 is 18.8 Å². The summed E-state index contributed by atoms with van der Waals surface area (Å²) in [5.41, 5.74) is 7.12. The summed E-state index contributed by atoms with van der Waals surface area (Å²) in [4.78, 5) is 24.2. The molecule has 0 saturated heterocycles. The topological polar surface area (TPSA) is 107 Å². The standard InChI is InChI=1S/C16H17N3O4/c1-22-16(21)11-6-9(8-17)2-5-12(11)18-15(20)13-7-14(23-19-13)10-3-4-10/h2,5-7,10H,3-4,8,17H2,1H3,(H,18,20). The molecule has 1 heterocycles. The molecule has 1 aliphatic rings. The summed E-state index contributed by atoms with van der Waals surface area (Å²) in [5, 5.41) is 6.44. The van der Waals surface area contributed by atoms with E-state index >= 15 is 0 Å². The van der Waals surface area contributed by atoms with Crippen molar-refractivity contribution in [2.45, 2.75) is 25.3 Å². The number of hydrogen-bond acceptors (Lipinski definition) is 6. The fourth-order valence-electron chi connectivity index (χ4n) is 2.25. The smallest absolute Gasteiger partial charge is 0.339 e. The number of amides is 1. The first kappa shape index (κ1) is 15.2. The van der Waals surface area contributed by atoms with Gasteiger partial charge in [0, 0.05) is 18.5 Å². The Kier molecular flexibility index (Phi) is 4.12. The van der Waals surface area contributed by atoms with E-state index in [0.29, 0.717) is 11.6 Å². The number of ether oxygens (including phenoxy) is 1. The highest BCUT2D eigenvalue weighted by molar-refractivity contribution is 6.07. The predicted octanol–water partition coefficient (Wildman–Crippen LogP) is 2.05. The summed E-state index contributed by atoms with van der Waals surface area (Å²) < 4.78 is 9.91. The maximum absolute atomic E-state index is 12.3. The van der Waals surface area contributed by atoms with Crippen molar-refractivity contribution in [3.05, 3.63) is 46.8 Å². The first-order valence-electron chi connectivity index (χ1n) is 7.31. The van der Waals surface area contributed by atoms with Crippen molar-refractivity contribution in [1.29, 1.82) is 0 Å². The molecule has 120 valence electrons. The van der Waals surface area contributed by atoms with Gasteiger partial charge in [0.1, 0.15) is 5.76 Å². The molecule has 0 bridgehead atoms. The van der Waals surface area contributed by atoms with Crippen molar-refractivity contribution in [1.82, 2.24) is 5.16 Å². The zero-order chi connectivity index (χ0) is 16.4. The zero-order valence-corrected chi connectivity index (χ0v) is 12.7. The molecule has 7 heteroatoms. The number of nitrogens with one attached hydrogen (secondary N) is 1. The molecule has 7 nitrogen and oxygen atoms in total. The number of benzene rings is 1. The number of esters is 1. The quantitative estimate of drug-likeness (QED) is 0.818. The SMILES string of the molecule is COC(=O)c1cc(CN)ccc1NC(=O)c1cc(C2CC2)on1. The van der Waals surface area contributed by atoms with Crippen molar-refractivity contribution >= 4 is 17.6 Å². The number of methoxy groups -OCH3 is 1. The molecular formula is C16H17N3O4. The van der Waals surface area contributed by atoms with Gasteiger partial charge in [0.15, 0.2) is 5.69 Å². The lowest BCUT2D eigenvalue weighted by molar-refractivity contribution is 0.0602. The molecule has 23 heavy (non-hydrogen) atoms. The molecular weight excluding hydrogens is 298 g/mol. The van der Waals surface area contributed by atoms with E-state index in [-0.39, 0.29) is 17.8 Å². The molecule has 0 spiro atoms. The second-order valence-electron chi connectivity index (χ2n) is 5.42. The van der Waals surface area contributed by atoms with Crippen molar-refractivity contribution in [2.75, 3.05) is 12.4 Å². The lowest BCUT2D eigenvalue weighted by Gasteiger charge is -2.10. The van der Waals surface area contributed by atoms with Crippen LogP contribution in [-0.4, -0.2) is 24.1 Å². The van der Waals surface area contributed by atoms with Crippen LogP contribution < -0.4 is 11.1 Å². The number of rotatable bonds is 5. The van der Waals surface area contributed by atoms with Gasteiger partial charge in [-0.05, 0) is 30.5 Å². The fraction of sp³-hybridized carbons (Fsp3) is 0.312. The third-order valence-electron chi connectivity index (χ3n) is 3.71. The van der Waals surface area contributed by atoms with Gasteiger partial charge in [-0.2, -0.15) is 0 Å². The van der Waals surface area contributed by atoms with E-state index in [9.17, 15) is 9.59 Å². The lowest BCUT2D eigenvalue weighted by atomic mass is 10.1. The average Bonchev–Trinajstić information content (AvgIpc) is 3.31. The van der Waals surface area contributed by atoms with Gasteiger partial charge in [-0.1, -0.05) is 11.2 Å². The molecule has 0 aliphatic heterocycles. The number of anilines is 1. The summed E-state index contributed by atoms with van der Waals surface area (Å²) in [7, 11) is 1.28. The summed E-state index contributed by atoms with van der Waals surface area (Å²) in [5.74, 6) is 0.112. The zero-order valence-electron chi connectivity index (χ0n) is 12.7. The van der Waals surface area contributed by atoms with Crippen molar-refractivity contribution in [3.8, 4) is 0 Å². The number of nitrogens with two attached hydrogens (primary N) is 1. The maximum atomic E-state index is 12.3. The fourth-order valence-corrected chi connectivity index (χ4v) is 2.25. The van der Waals surface area contributed by atoms with E-state index < -0.39 is 11.9 Å². The highest BCUT2D eigenvalue weighted by Crippen LogP contribution is 2.40. The van der Waals surface area contributed by atoms with Crippen LogP contribution in [0.4, 0.5) is 5.69 Å². The lowest BCUT2D eigenvalue weighted by Crippen LogP contribution is -2.16. The summed E-state index contributed by atoms with van der Waals surface area (Å²) in [6.07, 6.45) is 2.12. The molecule has 1 amide bonds. The molecule has 1 aromatic carbocycles. The summed E-state index contributed by atoms with van der Waals surface area (Å²) in [6.45, 7) is 0.284. The first-order valence-corrected chi connectivity index (χ1v) is 7.31. The van der Waals surface area contributed by atoms with Gasteiger partial charge in [0.25, 0.3) is 5.91 Å². The van der Waals surface area contributed by atoms with Gasteiger partial charge in [0.2, 0.25) is 0 Å². The number of aromatic nitrogens is 1. The Labute approximate surface area is 132 Å². The molecule has 1 fully saturated rings. The van der Waals surface area contributed by atoms with E-state index in [1.54, 1.807) is 24.3 Å². The minimum atomic E-state index is -0.547. The molecule has 1 saturated carbocycles. The molecule has 0 unspecified atom stereocenters. The molecule has 1 aromatic heterocycles. The normalized spacial score (nSPS) is 13.7. The Morgan fingerprint density at radius 2 is 2.17 bits per heavy atom. The summed E-state index contributed by atoms with van der Waals surface area (Å²) >= 11 is 0. The second-order valence-corrected chi connectivity index (χ2v) is 5.42. The van der Waals surface area contributed by atoms with Crippen LogP contribution in [0.25, 0.3) is 0 Å². The van der Waals surface area contributed by atoms with Gasteiger partial charge in [-0.3, -0.25) is 4.79 Å². The number of nitrogens with zero attached hydrogens (tertiary/aromatic N) is 1. The van der Waals surface area contributed by atoms with Gasteiger partial charge in [-0.15, -0.1) is 0 Å². The second kappa shape index (κ2) is 6.21. The van der Waals surface area contributed by atoms with E-state index in [1.165, 1.54) is 7.11 Å². The molecule has 3 N–H and O–H groups in total. The van der Waals surface area contributed by atoms with Crippen LogP contribution in [0, 0.1) is 0 Å². The Morgan fingerprint density at radius 1 is 1.39 bits per heavy atom. The predicted molar refractivity (Wildman–Crippen MR) is 82.1 cm³/mol. The van der Waals surface area contributed by atoms with Crippen LogP contribution in [-0.2, 0) is 11.3 Å². The minimum absolute atomic E-state index is 0.186. The maximum Gasteiger partial charge on any atom is 0.339 e. The molecule has 2 aromatic rings. The molecule has 3 rings (SSSR count). The Bertz CT molecular complexity index is 750. The largest absolute Gasteiger partial charge is 0.465 e. The first-order chi connectivity index (χ1) is 11.1. The van der Waals surface area contributed by atoms with E-state index in [0.717, 1.165) is 24.2 Å². The van der Waals surface area contributed by atoms with Crippen LogP contribution >= 0.6 is 0 Å². The van der Waals surface area contributed by atoms with Crippen molar-refractivity contribution in [3.63, 3.8) is 0 Å². The third kappa shape index (κ3) is 3.24. The van der Waals surface area contributed by atoms with Crippen LogP contribution in [0.5, 0.6) is 0 Å². The summed E-state index contributed by atoms with van der Waals surface area (Å²) in [6, 6.07) is 6.59. The number of carbonyl (C=O) groups excluding carboxylic acids is 2. The van der Waals surface area contributed by atoms with E-state index in [1.807, 2.05) is 0 Å². The van der Waals surface area contributed by atoms with Crippen LogP contribution in [0.15, 0.2) is 28.8 Å². The molecule has 0 radical (unpaired) electrons.